The first kappa shape index (κ1) is 15.4. The van der Waals surface area contributed by atoms with Gasteiger partial charge in [0.05, 0.1) is 20.3 Å². The van der Waals surface area contributed by atoms with Crippen LogP contribution in [0.4, 0.5) is 5.69 Å². The summed E-state index contributed by atoms with van der Waals surface area (Å²) in [5.74, 6) is 1.44. The number of amides is 1. The zero-order valence-corrected chi connectivity index (χ0v) is 13.7. The summed E-state index contributed by atoms with van der Waals surface area (Å²) in [4.78, 5) is 14.3. The lowest BCUT2D eigenvalue weighted by Gasteiger charge is -2.26. The summed E-state index contributed by atoms with van der Waals surface area (Å²) in [6.07, 6.45) is 1.39. The van der Waals surface area contributed by atoms with Crippen molar-refractivity contribution in [1.82, 2.24) is 0 Å². The molecule has 1 aliphatic rings. The Morgan fingerprint density at radius 1 is 1.00 bits per heavy atom. The van der Waals surface area contributed by atoms with Gasteiger partial charge in [0, 0.05) is 18.2 Å². The zero-order valence-electron chi connectivity index (χ0n) is 13.7. The Labute approximate surface area is 136 Å². The molecule has 4 heteroatoms. The van der Waals surface area contributed by atoms with Gasteiger partial charge < -0.3 is 14.4 Å². The second-order valence-electron chi connectivity index (χ2n) is 5.77. The Morgan fingerprint density at radius 3 is 2.35 bits per heavy atom. The quantitative estimate of drug-likeness (QED) is 0.860. The average Bonchev–Trinajstić information content (AvgIpc) is 2.96. The Bertz CT molecular complexity index is 709. The topological polar surface area (TPSA) is 38.8 Å². The minimum atomic E-state index is 0.0706. The van der Waals surface area contributed by atoms with Crippen molar-refractivity contribution in [3.8, 4) is 11.5 Å². The smallest absolute Gasteiger partial charge is 0.227 e. The molecule has 23 heavy (non-hydrogen) atoms. The molecule has 0 bridgehead atoms. The molecule has 2 aromatic rings. The van der Waals surface area contributed by atoms with Crippen LogP contribution < -0.4 is 14.4 Å². The van der Waals surface area contributed by atoms with Gasteiger partial charge in [-0.1, -0.05) is 29.8 Å². The fraction of sp³-hybridized carbons (Fsp3) is 0.316. The van der Waals surface area contributed by atoms with Gasteiger partial charge >= 0.3 is 0 Å². The first-order valence-corrected chi connectivity index (χ1v) is 7.74. The molecule has 0 saturated carbocycles. The van der Waals surface area contributed by atoms with Crippen LogP contribution in [0.25, 0.3) is 0 Å². The molecular formula is C19H21NO3. The summed E-state index contributed by atoms with van der Waals surface area (Å²) in [6.45, 7) is 2.07. The second kappa shape index (κ2) is 6.32. The molecule has 0 N–H and O–H groups in total. The normalized spacial score (nSPS) is 17.4. The van der Waals surface area contributed by atoms with Gasteiger partial charge in [-0.3, -0.25) is 4.79 Å². The highest BCUT2D eigenvalue weighted by Crippen LogP contribution is 2.40. The number of carbonyl (C=O) groups excluding carboxylic acids is 1. The van der Waals surface area contributed by atoms with E-state index in [9.17, 15) is 4.79 Å². The molecule has 1 fully saturated rings. The molecule has 1 amide bonds. The zero-order chi connectivity index (χ0) is 16.4. The first-order valence-electron chi connectivity index (χ1n) is 7.74. The van der Waals surface area contributed by atoms with E-state index in [4.69, 9.17) is 9.47 Å². The molecule has 1 atom stereocenters. The molecule has 4 nitrogen and oxygen atoms in total. The van der Waals surface area contributed by atoms with E-state index in [1.165, 1.54) is 5.56 Å². The first-order chi connectivity index (χ1) is 11.1. The van der Waals surface area contributed by atoms with Crippen molar-refractivity contribution in [3.05, 3.63) is 53.6 Å². The van der Waals surface area contributed by atoms with E-state index in [-0.39, 0.29) is 11.9 Å². The summed E-state index contributed by atoms with van der Waals surface area (Å²) in [5.41, 5.74) is 3.22. The van der Waals surface area contributed by atoms with Crippen molar-refractivity contribution in [2.45, 2.75) is 25.8 Å². The number of hydrogen-bond acceptors (Lipinski definition) is 3. The summed E-state index contributed by atoms with van der Waals surface area (Å²) < 4.78 is 10.6. The molecule has 0 aromatic heterocycles. The molecule has 0 spiro atoms. The summed E-state index contributed by atoms with van der Waals surface area (Å²) >= 11 is 0. The Balaban J connectivity index is 1.98. The number of rotatable bonds is 4. The van der Waals surface area contributed by atoms with E-state index in [0.29, 0.717) is 17.9 Å². The van der Waals surface area contributed by atoms with Gasteiger partial charge in [0.25, 0.3) is 0 Å². The van der Waals surface area contributed by atoms with Crippen LogP contribution in [0.3, 0.4) is 0 Å². The van der Waals surface area contributed by atoms with Gasteiger partial charge in [0.15, 0.2) is 11.5 Å². The maximum Gasteiger partial charge on any atom is 0.227 e. The van der Waals surface area contributed by atoms with Gasteiger partial charge in [-0.25, -0.2) is 0 Å². The Hall–Kier alpha value is -2.49. The van der Waals surface area contributed by atoms with Crippen molar-refractivity contribution in [2.75, 3.05) is 19.1 Å². The molecule has 0 aliphatic carbocycles. The molecule has 1 unspecified atom stereocenters. The molecule has 0 radical (unpaired) electrons. The number of benzene rings is 2. The lowest BCUT2D eigenvalue weighted by molar-refractivity contribution is -0.117. The van der Waals surface area contributed by atoms with Gasteiger partial charge in [-0.05, 0) is 31.0 Å². The van der Waals surface area contributed by atoms with E-state index in [1.54, 1.807) is 14.2 Å². The monoisotopic (exact) mass is 311 g/mol. The molecule has 3 rings (SSSR count). The fourth-order valence-corrected chi connectivity index (χ4v) is 3.09. The minimum Gasteiger partial charge on any atom is -0.493 e. The fourth-order valence-electron chi connectivity index (χ4n) is 3.09. The summed E-state index contributed by atoms with van der Waals surface area (Å²) in [5, 5.41) is 0. The van der Waals surface area contributed by atoms with E-state index >= 15 is 0 Å². The highest BCUT2D eigenvalue weighted by Gasteiger charge is 2.33. The van der Waals surface area contributed by atoms with Gasteiger partial charge in [-0.15, -0.1) is 0 Å². The van der Waals surface area contributed by atoms with Crippen LogP contribution >= 0.6 is 0 Å². The molecule has 120 valence electrons. The van der Waals surface area contributed by atoms with E-state index in [0.717, 1.165) is 17.7 Å². The van der Waals surface area contributed by atoms with Crippen LogP contribution in [-0.2, 0) is 4.79 Å². The standard InChI is InChI=1S/C19H21NO3/c1-13-4-6-14(7-5-13)16-9-11-19(21)20(16)15-8-10-17(22-2)18(12-15)23-3/h4-8,10,12,16H,9,11H2,1-3H3. The van der Waals surface area contributed by atoms with Crippen LogP contribution in [0.5, 0.6) is 11.5 Å². The van der Waals surface area contributed by atoms with Crippen LogP contribution in [0.2, 0.25) is 0 Å². The predicted molar refractivity (Wildman–Crippen MR) is 90.2 cm³/mol. The van der Waals surface area contributed by atoms with Gasteiger partial charge in [-0.2, -0.15) is 0 Å². The van der Waals surface area contributed by atoms with E-state index in [2.05, 4.69) is 31.2 Å². The lowest BCUT2D eigenvalue weighted by atomic mass is 10.0. The van der Waals surface area contributed by atoms with Crippen molar-refractivity contribution >= 4 is 11.6 Å². The number of nitrogens with zero attached hydrogens (tertiary/aromatic N) is 1. The lowest BCUT2D eigenvalue weighted by Crippen LogP contribution is -2.27. The van der Waals surface area contributed by atoms with Crippen LogP contribution in [0.15, 0.2) is 42.5 Å². The maximum atomic E-state index is 12.4. The highest BCUT2D eigenvalue weighted by atomic mass is 16.5. The number of methoxy groups -OCH3 is 2. The van der Waals surface area contributed by atoms with Crippen molar-refractivity contribution in [1.29, 1.82) is 0 Å². The van der Waals surface area contributed by atoms with Crippen molar-refractivity contribution < 1.29 is 14.3 Å². The molecule has 1 aliphatic heterocycles. The Morgan fingerprint density at radius 2 is 1.70 bits per heavy atom. The van der Waals surface area contributed by atoms with Gasteiger partial charge in [0.1, 0.15) is 0 Å². The third-order valence-corrected chi connectivity index (χ3v) is 4.32. The summed E-state index contributed by atoms with van der Waals surface area (Å²) in [7, 11) is 3.21. The third-order valence-electron chi connectivity index (χ3n) is 4.32. The third kappa shape index (κ3) is 2.89. The summed E-state index contributed by atoms with van der Waals surface area (Å²) in [6, 6.07) is 14.1. The van der Waals surface area contributed by atoms with Crippen LogP contribution in [0.1, 0.15) is 30.0 Å². The minimum absolute atomic E-state index is 0.0706. The van der Waals surface area contributed by atoms with Crippen molar-refractivity contribution in [3.63, 3.8) is 0 Å². The molecule has 2 aromatic carbocycles. The average molecular weight is 311 g/mol. The van der Waals surface area contributed by atoms with Crippen LogP contribution in [0, 0.1) is 6.92 Å². The number of hydrogen-bond donors (Lipinski definition) is 0. The highest BCUT2D eigenvalue weighted by molar-refractivity contribution is 5.96. The molecule has 1 saturated heterocycles. The Kier molecular flexibility index (Phi) is 4.24. The maximum absolute atomic E-state index is 12.4. The van der Waals surface area contributed by atoms with Crippen LogP contribution in [-0.4, -0.2) is 20.1 Å². The van der Waals surface area contributed by atoms with Gasteiger partial charge in [0.2, 0.25) is 5.91 Å². The molecule has 1 heterocycles. The number of anilines is 1. The van der Waals surface area contributed by atoms with E-state index < -0.39 is 0 Å². The SMILES string of the molecule is COc1ccc(N2C(=O)CCC2c2ccc(C)cc2)cc1OC. The largest absolute Gasteiger partial charge is 0.493 e. The number of aryl methyl sites for hydroxylation is 1. The predicted octanol–water partition coefficient (Wildman–Crippen LogP) is 3.88. The number of ether oxygens (including phenoxy) is 2. The molecular weight excluding hydrogens is 290 g/mol. The second-order valence-corrected chi connectivity index (χ2v) is 5.77. The van der Waals surface area contributed by atoms with E-state index in [1.807, 2.05) is 23.1 Å². The number of carbonyl (C=O) groups is 1. The van der Waals surface area contributed by atoms with Crippen molar-refractivity contribution in [2.24, 2.45) is 0 Å².